The summed E-state index contributed by atoms with van der Waals surface area (Å²) in [5.74, 6) is -1.48. The predicted molar refractivity (Wildman–Crippen MR) is 62.0 cm³/mol. The summed E-state index contributed by atoms with van der Waals surface area (Å²) < 4.78 is 48.2. The Hall–Kier alpha value is -0.860. The zero-order chi connectivity index (χ0) is 14.9. The molecule has 0 aromatic carbocycles. The second kappa shape index (κ2) is 9.11. The van der Waals surface area contributed by atoms with Crippen LogP contribution >= 0.6 is 0 Å². The van der Waals surface area contributed by atoms with Crippen LogP contribution in [-0.2, 0) is 14.3 Å². The van der Waals surface area contributed by atoms with E-state index in [1.807, 2.05) is 0 Å². The van der Waals surface area contributed by atoms with E-state index in [-0.39, 0.29) is 19.7 Å². The zero-order valence-corrected chi connectivity index (χ0v) is 11.1. The van der Waals surface area contributed by atoms with Crippen molar-refractivity contribution in [2.24, 2.45) is 0 Å². The molecule has 0 aliphatic carbocycles. The SMILES string of the molecule is COCCCN(CCOC)C(CC(=O)O)C(F)(F)F. The third-order valence-electron chi connectivity index (χ3n) is 2.56. The van der Waals surface area contributed by atoms with Gasteiger partial charge in [0.25, 0.3) is 0 Å². The molecule has 0 amide bonds. The largest absolute Gasteiger partial charge is 0.481 e. The molecule has 0 saturated heterocycles. The van der Waals surface area contributed by atoms with Gasteiger partial charge in [0.1, 0.15) is 6.04 Å². The van der Waals surface area contributed by atoms with Crippen LogP contribution in [0.2, 0.25) is 0 Å². The third-order valence-corrected chi connectivity index (χ3v) is 2.56. The number of aliphatic carboxylic acids is 1. The maximum absolute atomic E-state index is 12.9. The molecule has 1 N–H and O–H groups in total. The average Bonchev–Trinajstić information content (AvgIpc) is 2.29. The summed E-state index contributed by atoms with van der Waals surface area (Å²) in [6.45, 7) is 0.562. The molecule has 0 aromatic rings. The second-order valence-electron chi connectivity index (χ2n) is 4.03. The molecule has 8 heteroatoms. The van der Waals surface area contributed by atoms with E-state index in [1.54, 1.807) is 0 Å². The molecule has 19 heavy (non-hydrogen) atoms. The molecule has 114 valence electrons. The highest BCUT2D eigenvalue weighted by Gasteiger charge is 2.44. The molecule has 0 aliphatic rings. The molecule has 5 nitrogen and oxygen atoms in total. The molecule has 0 aliphatic heterocycles. The number of carboxylic acid groups (broad SMARTS) is 1. The minimum absolute atomic E-state index is 0.0255. The first-order valence-electron chi connectivity index (χ1n) is 5.83. The summed E-state index contributed by atoms with van der Waals surface area (Å²) in [7, 11) is 2.84. The topological polar surface area (TPSA) is 59.0 Å². The first kappa shape index (κ1) is 18.1. The first-order valence-corrected chi connectivity index (χ1v) is 5.83. The number of methoxy groups -OCH3 is 2. The Balaban J connectivity index is 4.73. The van der Waals surface area contributed by atoms with Gasteiger partial charge in [0.05, 0.1) is 13.0 Å². The van der Waals surface area contributed by atoms with Crippen molar-refractivity contribution in [1.82, 2.24) is 4.90 Å². The summed E-state index contributed by atoms with van der Waals surface area (Å²) in [6.07, 6.45) is -5.16. The van der Waals surface area contributed by atoms with E-state index in [0.29, 0.717) is 13.0 Å². The lowest BCUT2D eigenvalue weighted by atomic mass is 10.1. The molecule has 0 radical (unpaired) electrons. The predicted octanol–water partition coefficient (Wildman–Crippen LogP) is 1.38. The Morgan fingerprint density at radius 1 is 1.21 bits per heavy atom. The van der Waals surface area contributed by atoms with Crippen LogP contribution in [0.1, 0.15) is 12.8 Å². The minimum atomic E-state index is -4.58. The van der Waals surface area contributed by atoms with Gasteiger partial charge in [-0.05, 0) is 6.42 Å². The number of alkyl halides is 3. The summed E-state index contributed by atoms with van der Waals surface area (Å²) in [5, 5.41) is 8.61. The summed E-state index contributed by atoms with van der Waals surface area (Å²) in [6, 6.07) is -2.00. The van der Waals surface area contributed by atoms with E-state index in [0.717, 1.165) is 4.90 Å². The quantitative estimate of drug-likeness (QED) is 0.615. The lowest BCUT2D eigenvalue weighted by Gasteiger charge is -2.32. The van der Waals surface area contributed by atoms with Gasteiger partial charge in [0.2, 0.25) is 0 Å². The molecule has 0 saturated carbocycles. The van der Waals surface area contributed by atoms with Crippen LogP contribution in [-0.4, -0.2) is 68.7 Å². The molecule has 0 fully saturated rings. The number of nitrogens with zero attached hydrogens (tertiary/aromatic N) is 1. The summed E-state index contributed by atoms with van der Waals surface area (Å²) in [5.41, 5.74) is 0. The van der Waals surface area contributed by atoms with Crippen LogP contribution in [0, 0.1) is 0 Å². The van der Waals surface area contributed by atoms with Crippen molar-refractivity contribution in [3.63, 3.8) is 0 Å². The number of halogens is 3. The van der Waals surface area contributed by atoms with E-state index in [1.165, 1.54) is 14.2 Å². The summed E-state index contributed by atoms with van der Waals surface area (Å²) >= 11 is 0. The molecular formula is C11H20F3NO4. The van der Waals surface area contributed by atoms with Gasteiger partial charge in [-0.15, -0.1) is 0 Å². The molecule has 1 unspecified atom stereocenters. The molecule has 1 atom stereocenters. The van der Waals surface area contributed by atoms with E-state index >= 15 is 0 Å². The molecule has 0 rings (SSSR count). The van der Waals surface area contributed by atoms with Crippen molar-refractivity contribution in [3.05, 3.63) is 0 Å². The lowest BCUT2D eigenvalue weighted by molar-refractivity contribution is -0.192. The fourth-order valence-corrected chi connectivity index (χ4v) is 1.66. The first-order chi connectivity index (χ1) is 8.82. The van der Waals surface area contributed by atoms with Gasteiger partial charge in [-0.1, -0.05) is 0 Å². The highest BCUT2D eigenvalue weighted by atomic mass is 19.4. The number of carboxylic acids is 1. The molecule has 0 spiro atoms. The maximum Gasteiger partial charge on any atom is 0.404 e. The molecule has 0 bridgehead atoms. The van der Waals surface area contributed by atoms with Gasteiger partial charge >= 0.3 is 12.1 Å². The Kier molecular flexibility index (Phi) is 8.70. The number of hydrogen-bond acceptors (Lipinski definition) is 4. The Labute approximate surface area is 110 Å². The zero-order valence-electron chi connectivity index (χ0n) is 11.1. The summed E-state index contributed by atoms with van der Waals surface area (Å²) in [4.78, 5) is 11.7. The molecule has 0 heterocycles. The monoisotopic (exact) mass is 287 g/mol. The third kappa shape index (κ3) is 8.02. The van der Waals surface area contributed by atoms with Crippen molar-refractivity contribution in [2.75, 3.05) is 40.5 Å². The number of rotatable bonds is 10. The Bertz CT molecular complexity index is 261. The lowest BCUT2D eigenvalue weighted by Crippen LogP contribution is -2.48. The van der Waals surface area contributed by atoms with Crippen LogP contribution in [0.5, 0.6) is 0 Å². The van der Waals surface area contributed by atoms with Crippen molar-refractivity contribution in [1.29, 1.82) is 0 Å². The van der Waals surface area contributed by atoms with Gasteiger partial charge in [0, 0.05) is 33.9 Å². The second-order valence-corrected chi connectivity index (χ2v) is 4.03. The van der Waals surface area contributed by atoms with Gasteiger partial charge < -0.3 is 14.6 Å². The van der Waals surface area contributed by atoms with E-state index in [2.05, 4.69) is 0 Å². The number of hydrogen-bond donors (Lipinski definition) is 1. The van der Waals surface area contributed by atoms with Crippen molar-refractivity contribution >= 4 is 5.97 Å². The van der Waals surface area contributed by atoms with Crippen LogP contribution < -0.4 is 0 Å². The van der Waals surface area contributed by atoms with Crippen LogP contribution in [0.15, 0.2) is 0 Å². The van der Waals surface area contributed by atoms with E-state index in [9.17, 15) is 18.0 Å². The number of carbonyl (C=O) groups is 1. The van der Waals surface area contributed by atoms with E-state index < -0.39 is 24.6 Å². The van der Waals surface area contributed by atoms with Gasteiger partial charge in [-0.2, -0.15) is 13.2 Å². The fourth-order valence-electron chi connectivity index (χ4n) is 1.66. The highest BCUT2D eigenvalue weighted by Crippen LogP contribution is 2.27. The van der Waals surface area contributed by atoms with Gasteiger partial charge in [0.15, 0.2) is 0 Å². The smallest absolute Gasteiger partial charge is 0.404 e. The maximum atomic E-state index is 12.9. The average molecular weight is 287 g/mol. The molecule has 0 aromatic heterocycles. The normalized spacial score (nSPS) is 13.8. The molecular weight excluding hydrogens is 267 g/mol. The highest BCUT2D eigenvalue weighted by molar-refractivity contribution is 5.67. The van der Waals surface area contributed by atoms with Crippen molar-refractivity contribution < 1.29 is 32.5 Å². The van der Waals surface area contributed by atoms with Crippen LogP contribution in [0.25, 0.3) is 0 Å². The van der Waals surface area contributed by atoms with Crippen LogP contribution in [0.3, 0.4) is 0 Å². The van der Waals surface area contributed by atoms with Gasteiger partial charge in [-0.25, -0.2) is 0 Å². The Morgan fingerprint density at radius 3 is 2.21 bits per heavy atom. The van der Waals surface area contributed by atoms with E-state index in [4.69, 9.17) is 14.6 Å². The van der Waals surface area contributed by atoms with Crippen molar-refractivity contribution in [3.8, 4) is 0 Å². The fraction of sp³-hybridized carbons (Fsp3) is 0.909. The minimum Gasteiger partial charge on any atom is -0.481 e. The standard InChI is InChI=1S/C11H20F3NO4/c1-18-6-3-4-15(5-7-19-2)9(8-10(16)17)11(12,13)14/h9H,3-8H2,1-2H3,(H,16,17). The number of ether oxygens (including phenoxy) is 2. The van der Waals surface area contributed by atoms with Crippen LogP contribution in [0.4, 0.5) is 13.2 Å². The van der Waals surface area contributed by atoms with Gasteiger partial charge in [-0.3, -0.25) is 9.69 Å². The van der Waals surface area contributed by atoms with Crippen molar-refractivity contribution in [2.45, 2.75) is 25.1 Å². The Morgan fingerprint density at radius 2 is 1.79 bits per heavy atom.